The van der Waals surface area contributed by atoms with Crippen LogP contribution in [0.15, 0.2) is 47.2 Å². The molecule has 0 fully saturated rings. The summed E-state index contributed by atoms with van der Waals surface area (Å²) in [6.07, 6.45) is 7.50. The van der Waals surface area contributed by atoms with Gasteiger partial charge in [0.25, 0.3) is 0 Å². The van der Waals surface area contributed by atoms with Crippen LogP contribution < -0.4 is 0 Å². The largest absolute Gasteiger partial charge is 0.507 e. The molecule has 0 aromatic heterocycles. The first-order valence-corrected chi connectivity index (χ1v) is 12.4. The van der Waals surface area contributed by atoms with Crippen molar-refractivity contribution in [3.05, 3.63) is 43.0 Å². The van der Waals surface area contributed by atoms with Crippen LogP contribution in [0.4, 0.5) is 0 Å². The molecule has 170 valence electrons. The van der Waals surface area contributed by atoms with Crippen LogP contribution in [0.25, 0.3) is 0 Å². The van der Waals surface area contributed by atoms with Gasteiger partial charge in [-0.3, -0.25) is 9.59 Å². The van der Waals surface area contributed by atoms with Crippen LogP contribution in [0.2, 0.25) is 0 Å². The van der Waals surface area contributed by atoms with Gasteiger partial charge in [0.1, 0.15) is 11.5 Å². The Morgan fingerprint density at radius 3 is 2.45 bits per heavy atom. The van der Waals surface area contributed by atoms with Gasteiger partial charge in [0.05, 0.1) is 17.3 Å². The number of rotatable bonds is 17. The number of phenols is 1. The molecule has 0 unspecified atom stereocenters. The summed E-state index contributed by atoms with van der Waals surface area (Å²) in [5.74, 6) is 1.19. The molecule has 1 aromatic rings. The van der Waals surface area contributed by atoms with Crippen molar-refractivity contribution in [1.82, 2.24) is 0 Å². The number of carbonyl (C=O) groups excluding carboxylic acids is 3. The summed E-state index contributed by atoms with van der Waals surface area (Å²) in [7, 11) is 0. The van der Waals surface area contributed by atoms with Gasteiger partial charge < -0.3 is 9.84 Å². The number of hydrogen-bond donors (Lipinski definition) is 1. The summed E-state index contributed by atoms with van der Waals surface area (Å²) in [5.41, 5.74) is 0.791. The van der Waals surface area contributed by atoms with E-state index in [1.165, 1.54) is 23.9 Å². The predicted octanol–water partition coefficient (Wildman–Crippen LogP) is 5.67. The topological polar surface area (TPSA) is 80.7 Å². The van der Waals surface area contributed by atoms with E-state index in [1.807, 2.05) is 19.1 Å². The van der Waals surface area contributed by atoms with Crippen molar-refractivity contribution in [2.24, 2.45) is 0 Å². The average Bonchev–Trinajstić information content (AvgIpc) is 2.76. The number of aryl methyl sites for hydroxylation is 1. The van der Waals surface area contributed by atoms with Crippen LogP contribution >= 0.6 is 23.5 Å². The van der Waals surface area contributed by atoms with Crippen LogP contribution in [0.1, 0.15) is 50.5 Å². The third kappa shape index (κ3) is 11.8. The molecule has 5 nitrogen and oxygen atoms in total. The van der Waals surface area contributed by atoms with E-state index in [-0.39, 0.29) is 23.3 Å². The number of aromatic hydroxyl groups is 1. The van der Waals surface area contributed by atoms with E-state index in [0.717, 1.165) is 35.5 Å². The second-order valence-corrected chi connectivity index (χ2v) is 9.26. The van der Waals surface area contributed by atoms with Crippen molar-refractivity contribution < 1.29 is 24.2 Å². The van der Waals surface area contributed by atoms with E-state index in [4.69, 9.17) is 4.74 Å². The number of ether oxygens (including phenoxy) is 1. The zero-order valence-electron chi connectivity index (χ0n) is 18.2. The van der Waals surface area contributed by atoms with Crippen LogP contribution in [0.5, 0.6) is 5.75 Å². The molecule has 0 aliphatic heterocycles. The third-order valence-corrected chi connectivity index (χ3v) is 6.60. The molecule has 0 amide bonds. The second-order valence-electron chi connectivity index (χ2n) is 7.07. The third-order valence-electron chi connectivity index (χ3n) is 4.45. The Kier molecular flexibility index (Phi) is 13.7. The molecule has 1 N–H and O–H groups in total. The summed E-state index contributed by atoms with van der Waals surface area (Å²) >= 11 is 3.06. The Morgan fingerprint density at radius 2 is 1.74 bits per heavy atom. The summed E-state index contributed by atoms with van der Waals surface area (Å²) in [4.78, 5) is 36.1. The first kappa shape index (κ1) is 27.0. The summed E-state index contributed by atoms with van der Waals surface area (Å²) in [6, 6.07) is 3.88. The quantitative estimate of drug-likeness (QED) is 0.138. The van der Waals surface area contributed by atoms with Crippen LogP contribution in [-0.2, 0) is 19.1 Å². The van der Waals surface area contributed by atoms with Crippen molar-refractivity contribution in [2.75, 3.05) is 18.1 Å². The summed E-state index contributed by atoms with van der Waals surface area (Å²) in [5, 5.41) is 10.3. The van der Waals surface area contributed by atoms with Crippen molar-refractivity contribution in [1.29, 1.82) is 0 Å². The molecule has 0 aliphatic rings. The molecular weight excluding hydrogens is 432 g/mol. The lowest BCUT2D eigenvalue weighted by Gasteiger charge is -2.10. The molecule has 7 heteroatoms. The highest BCUT2D eigenvalue weighted by Crippen LogP contribution is 2.36. The Morgan fingerprint density at radius 1 is 1.00 bits per heavy atom. The molecule has 0 heterocycles. The SMILES string of the molecule is C=CC(=O)CCCCC(=O)CSc1cc(SCCCCCOC(=O)C=C)cc(C)c1O. The maximum absolute atomic E-state index is 12.1. The number of carbonyl (C=O) groups is 3. The average molecular weight is 465 g/mol. The highest BCUT2D eigenvalue weighted by Gasteiger charge is 2.11. The number of benzene rings is 1. The molecule has 1 aromatic carbocycles. The number of esters is 1. The Balaban J connectivity index is 2.38. The first-order chi connectivity index (χ1) is 14.9. The van der Waals surface area contributed by atoms with E-state index in [1.54, 1.807) is 11.8 Å². The summed E-state index contributed by atoms with van der Waals surface area (Å²) in [6.45, 7) is 9.07. The van der Waals surface area contributed by atoms with Crippen molar-refractivity contribution >= 4 is 41.1 Å². The molecule has 0 saturated heterocycles. The minimum absolute atomic E-state index is 0.00710. The van der Waals surface area contributed by atoms with Gasteiger partial charge in [-0.2, -0.15) is 0 Å². The molecule has 0 spiro atoms. The van der Waals surface area contributed by atoms with Gasteiger partial charge in [-0.05, 0) is 68.6 Å². The van der Waals surface area contributed by atoms with Crippen molar-refractivity contribution in [2.45, 2.75) is 61.7 Å². The fourth-order valence-electron chi connectivity index (χ4n) is 2.67. The molecule has 0 atom stereocenters. The fourth-order valence-corrected chi connectivity index (χ4v) is 4.75. The fraction of sp³-hybridized carbons (Fsp3) is 0.458. The number of Topliss-reactive ketones (excluding diaryl/α,β-unsaturated/α-hetero) is 1. The van der Waals surface area contributed by atoms with E-state index in [9.17, 15) is 19.5 Å². The minimum atomic E-state index is -0.389. The van der Waals surface area contributed by atoms with Crippen molar-refractivity contribution in [3.63, 3.8) is 0 Å². The Labute approximate surface area is 193 Å². The number of hydrogen-bond acceptors (Lipinski definition) is 7. The van der Waals surface area contributed by atoms with Gasteiger partial charge >= 0.3 is 5.97 Å². The molecular formula is C24H32O5S2. The zero-order chi connectivity index (χ0) is 23.1. The molecule has 0 saturated carbocycles. The Bertz CT molecular complexity index is 773. The van der Waals surface area contributed by atoms with Gasteiger partial charge in [0.2, 0.25) is 0 Å². The monoisotopic (exact) mass is 464 g/mol. The Hall–Kier alpha value is -1.99. The van der Waals surface area contributed by atoms with E-state index in [0.29, 0.717) is 42.9 Å². The predicted molar refractivity (Wildman–Crippen MR) is 128 cm³/mol. The molecule has 0 bridgehead atoms. The maximum Gasteiger partial charge on any atom is 0.330 e. The van der Waals surface area contributed by atoms with Gasteiger partial charge in [-0.15, -0.1) is 23.5 Å². The smallest absolute Gasteiger partial charge is 0.330 e. The second kappa shape index (κ2) is 15.8. The van der Waals surface area contributed by atoms with Crippen LogP contribution in [0.3, 0.4) is 0 Å². The molecule has 0 aliphatic carbocycles. The lowest BCUT2D eigenvalue weighted by molar-refractivity contribution is -0.137. The van der Waals surface area contributed by atoms with E-state index >= 15 is 0 Å². The number of ketones is 2. The molecule has 31 heavy (non-hydrogen) atoms. The van der Waals surface area contributed by atoms with Gasteiger partial charge in [-0.1, -0.05) is 13.2 Å². The highest BCUT2D eigenvalue weighted by molar-refractivity contribution is 8.00. The zero-order valence-corrected chi connectivity index (χ0v) is 19.8. The van der Waals surface area contributed by atoms with Crippen molar-refractivity contribution in [3.8, 4) is 5.75 Å². The maximum atomic E-state index is 12.1. The molecule has 1 rings (SSSR count). The van der Waals surface area contributed by atoms with Gasteiger partial charge in [-0.25, -0.2) is 4.79 Å². The number of phenolic OH excluding ortho intramolecular Hbond substituents is 1. The number of allylic oxidation sites excluding steroid dienone is 1. The van der Waals surface area contributed by atoms with Crippen LogP contribution in [0, 0.1) is 6.92 Å². The first-order valence-electron chi connectivity index (χ1n) is 10.4. The summed E-state index contributed by atoms with van der Waals surface area (Å²) < 4.78 is 4.95. The lowest BCUT2D eigenvalue weighted by Crippen LogP contribution is -2.02. The lowest BCUT2D eigenvalue weighted by atomic mass is 10.1. The van der Waals surface area contributed by atoms with E-state index in [2.05, 4.69) is 13.2 Å². The van der Waals surface area contributed by atoms with Crippen LogP contribution in [-0.4, -0.2) is 40.8 Å². The number of unbranched alkanes of at least 4 members (excludes halogenated alkanes) is 3. The standard InChI is InChI=1S/C24H32O5S2/c1-4-19(25)11-7-8-12-20(26)17-31-22-16-21(15-18(3)24(22)28)30-14-10-6-9-13-29-23(27)5-2/h4-5,15-16,28H,1-2,6-14,17H2,3H3. The molecule has 0 radical (unpaired) electrons. The van der Waals surface area contributed by atoms with Gasteiger partial charge in [0.15, 0.2) is 5.78 Å². The van der Waals surface area contributed by atoms with E-state index < -0.39 is 0 Å². The minimum Gasteiger partial charge on any atom is -0.507 e. The normalized spacial score (nSPS) is 10.5. The van der Waals surface area contributed by atoms with Gasteiger partial charge in [0, 0.05) is 23.8 Å². The number of thioether (sulfide) groups is 2. The highest BCUT2D eigenvalue weighted by atomic mass is 32.2.